The number of thiazole rings is 1. The van der Waals surface area contributed by atoms with E-state index in [9.17, 15) is 9.59 Å². The smallest absolute Gasteiger partial charge is 0.257 e. The molecule has 0 aliphatic rings. The molecule has 1 amide bonds. The van der Waals surface area contributed by atoms with E-state index in [2.05, 4.69) is 15.3 Å². The third-order valence-electron chi connectivity index (χ3n) is 2.86. The van der Waals surface area contributed by atoms with Crippen molar-refractivity contribution < 1.29 is 14.0 Å². The van der Waals surface area contributed by atoms with E-state index in [0.717, 1.165) is 11.3 Å². The average Bonchev–Trinajstić information content (AvgIpc) is 3.16. The van der Waals surface area contributed by atoms with Gasteiger partial charge in [-0.15, -0.1) is 0 Å². The van der Waals surface area contributed by atoms with E-state index in [-0.39, 0.29) is 11.7 Å². The molecule has 1 N–H and O–H groups in total. The van der Waals surface area contributed by atoms with E-state index in [0.29, 0.717) is 27.0 Å². The first-order valence-corrected chi connectivity index (χ1v) is 7.24. The van der Waals surface area contributed by atoms with Crippen LogP contribution in [0, 0.1) is 0 Å². The van der Waals surface area contributed by atoms with Crippen molar-refractivity contribution in [2.75, 3.05) is 5.32 Å². The molecule has 0 aliphatic carbocycles. The van der Waals surface area contributed by atoms with Gasteiger partial charge in [0, 0.05) is 24.9 Å². The van der Waals surface area contributed by atoms with Gasteiger partial charge in [0.05, 0.1) is 6.26 Å². The Kier molecular flexibility index (Phi) is 3.80. The molecule has 0 aromatic carbocycles. The van der Waals surface area contributed by atoms with Crippen LogP contribution >= 0.6 is 11.3 Å². The minimum atomic E-state index is -0.308. The Morgan fingerprint density at radius 2 is 2.00 bits per heavy atom. The molecule has 3 aromatic rings. The van der Waals surface area contributed by atoms with Crippen molar-refractivity contribution in [3.8, 4) is 11.5 Å². The van der Waals surface area contributed by atoms with E-state index in [1.165, 1.54) is 25.6 Å². The van der Waals surface area contributed by atoms with Gasteiger partial charge in [0.2, 0.25) is 0 Å². The van der Waals surface area contributed by atoms with Crippen molar-refractivity contribution in [3.63, 3.8) is 0 Å². The molecule has 0 atom stereocenters. The van der Waals surface area contributed by atoms with Gasteiger partial charge in [-0.05, 0) is 24.3 Å². The summed E-state index contributed by atoms with van der Waals surface area (Å²) >= 11 is 1.12. The van der Waals surface area contributed by atoms with Crippen LogP contribution in [0.4, 0.5) is 5.13 Å². The molecule has 0 unspecified atom stereocenters. The molecule has 0 bridgehead atoms. The third-order valence-corrected chi connectivity index (χ3v) is 3.94. The molecular formula is C15H11N3O3S. The van der Waals surface area contributed by atoms with Gasteiger partial charge in [-0.25, -0.2) is 4.98 Å². The standard InChI is InChI=1S/C15H11N3O3S/c1-9(19)13-12(11-3-2-8-21-11)17-15(22-13)18-14(20)10-4-6-16-7-5-10/h2-8H,1H3,(H,17,18,20). The highest BCUT2D eigenvalue weighted by Gasteiger charge is 2.19. The van der Waals surface area contributed by atoms with Gasteiger partial charge >= 0.3 is 0 Å². The molecule has 0 spiro atoms. The van der Waals surface area contributed by atoms with Gasteiger partial charge in [0.15, 0.2) is 16.7 Å². The van der Waals surface area contributed by atoms with Crippen molar-refractivity contribution in [2.24, 2.45) is 0 Å². The van der Waals surface area contributed by atoms with Crippen LogP contribution in [-0.2, 0) is 0 Å². The van der Waals surface area contributed by atoms with Crippen LogP contribution < -0.4 is 5.32 Å². The molecule has 7 heteroatoms. The molecular weight excluding hydrogens is 302 g/mol. The van der Waals surface area contributed by atoms with E-state index >= 15 is 0 Å². The summed E-state index contributed by atoms with van der Waals surface area (Å²) in [5, 5.41) is 3.03. The second-order valence-corrected chi connectivity index (χ2v) is 5.42. The zero-order chi connectivity index (χ0) is 15.5. The first-order valence-electron chi connectivity index (χ1n) is 6.42. The van der Waals surface area contributed by atoms with Gasteiger partial charge in [0.1, 0.15) is 10.6 Å². The molecule has 0 fully saturated rings. The van der Waals surface area contributed by atoms with Crippen molar-refractivity contribution >= 4 is 28.2 Å². The number of hydrogen-bond acceptors (Lipinski definition) is 6. The molecule has 0 radical (unpaired) electrons. The van der Waals surface area contributed by atoms with Gasteiger partial charge in [-0.2, -0.15) is 0 Å². The van der Waals surface area contributed by atoms with Crippen molar-refractivity contribution in [1.29, 1.82) is 0 Å². The molecule has 6 nitrogen and oxygen atoms in total. The number of pyridine rings is 1. The maximum absolute atomic E-state index is 12.1. The van der Waals surface area contributed by atoms with E-state index < -0.39 is 0 Å². The fourth-order valence-electron chi connectivity index (χ4n) is 1.87. The Morgan fingerprint density at radius 1 is 1.23 bits per heavy atom. The van der Waals surface area contributed by atoms with E-state index in [1.54, 1.807) is 24.3 Å². The number of carbonyl (C=O) groups excluding carboxylic acids is 2. The van der Waals surface area contributed by atoms with E-state index in [1.807, 2.05) is 0 Å². The second kappa shape index (κ2) is 5.90. The first-order chi connectivity index (χ1) is 10.6. The number of furan rings is 1. The normalized spacial score (nSPS) is 10.4. The number of aromatic nitrogens is 2. The summed E-state index contributed by atoms with van der Waals surface area (Å²) in [6, 6.07) is 6.63. The Labute approximate surface area is 129 Å². The van der Waals surface area contributed by atoms with Crippen molar-refractivity contribution in [2.45, 2.75) is 6.92 Å². The second-order valence-electron chi connectivity index (χ2n) is 4.42. The number of anilines is 1. The number of nitrogens with zero attached hydrogens (tertiary/aromatic N) is 2. The van der Waals surface area contributed by atoms with Crippen molar-refractivity contribution in [3.05, 3.63) is 53.4 Å². The van der Waals surface area contributed by atoms with Crippen LogP contribution in [0.15, 0.2) is 47.3 Å². The summed E-state index contributed by atoms with van der Waals surface area (Å²) < 4.78 is 5.28. The predicted octanol–water partition coefficient (Wildman–Crippen LogP) is 3.25. The van der Waals surface area contributed by atoms with Crippen LogP contribution in [0.5, 0.6) is 0 Å². The highest BCUT2D eigenvalue weighted by atomic mass is 32.1. The van der Waals surface area contributed by atoms with Crippen molar-refractivity contribution in [1.82, 2.24) is 9.97 Å². The lowest BCUT2D eigenvalue weighted by molar-refractivity contribution is 0.101. The highest BCUT2D eigenvalue weighted by Crippen LogP contribution is 2.32. The minimum absolute atomic E-state index is 0.131. The van der Waals surface area contributed by atoms with E-state index in [4.69, 9.17) is 4.42 Å². The minimum Gasteiger partial charge on any atom is -0.463 e. The summed E-state index contributed by atoms with van der Waals surface area (Å²) in [6.07, 6.45) is 4.58. The summed E-state index contributed by atoms with van der Waals surface area (Å²) in [5.74, 6) is 0.0522. The third kappa shape index (κ3) is 2.79. The Hall–Kier alpha value is -2.80. The van der Waals surface area contributed by atoms with Crippen LogP contribution in [0.25, 0.3) is 11.5 Å². The number of nitrogens with one attached hydrogen (secondary N) is 1. The van der Waals surface area contributed by atoms with Gasteiger partial charge in [-0.1, -0.05) is 11.3 Å². The number of ketones is 1. The topological polar surface area (TPSA) is 85.1 Å². The average molecular weight is 313 g/mol. The number of carbonyl (C=O) groups is 2. The maximum Gasteiger partial charge on any atom is 0.257 e. The zero-order valence-electron chi connectivity index (χ0n) is 11.6. The Morgan fingerprint density at radius 3 is 2.64 bits per heavy atom. The molecule has 3 rings (SSSR count). The monoisotopic (exact) mass is 313 g/mol. The Bertz CT molecular complexity index is 810. The number of Topliss-reactive ketones (excluding diaryl/α,β-unsaturated/α-hetero) is 1. The molecule has 0 saturated heterocycles. The molecule has 22 heavy (non-hydrogen) atoms. The van der Waals surface area contributed by atoms with Gasteiger partial charge in [-0.3, -0.25) is 19.9 Å². The van der Waals surface area contributed by atoms with Crippen LogP contribution in [0.2, 0.25) is 0 Å². The maximum atomic E-state index is 12.1. The zero-order valence-corrected chi connectivity index (χ0v) is 12.4. The first kappa shape index (κ1) is 14.2. The Balaban J connectivity index is 1.91. The molecule has 0 aliphatic heterocycles. The lowest BCUT2D eigenvalue weighted by Gasteiger charge is -2.00. The summed E-state index contributed by atoms with van der Waals surface area (Å²) in [4.78, 5) is 32.4. The van der Waals surface area contributed by atoms with Crippen LogP contribution in [0.1, 0.15) is 27.0 Å². The molecule has 0 saturated carbocycles. The summed E-state index contributed by atoms with van der Waals surface area (Å²) in [7, 11) is 0. The molecule has 3 aromatic heterocycles. The largest absolute Gasteiger partial charge is 0.463 e. The fourth-order valence-corrected chi connectivity index (χ4v) is 2.73. The number of amides is 1. The van der Waals surface area contributed by atoms with Crippen LogP contribution in [-0.4, -0.2) is 21.7 Å². The quantitative estimate of drug-likeness (QED) is 0.747. The number of hydrogen-bond donors (Lipinski definition) is 1. The lowest BCUT2D eigenvalue weighted by Crippen LogP contribution is -2.11. The molecule has 110 valence electrons. The molecule has 3 heterocycles. The predicted molar refractivity (Wildman–Crippen MR) is 82.0 cm³/mol. The SMILES string of the molecule is CC(=O)c1sc(NC(=O)c2ccncc2)nc1-c1ccco1. The summed E-state index contributed by atoms with van der Waals surface area (Å²) in [6.45, 7) is 1.45. The number of rotatable bonds is 4. The summed E-state index contributed by atoms with van der Waals surface area (Å²) in [5.41, 5.74) is 0.904. The van der Waals surface area contributed by atoms with Crippen LogP contribution in [0.3, 0.4) is 0 Å². The van der Waals surface area contributed by atoms with Gasteiger partial charge < -0.3 is 4.42 Å². The highest BCUT2D eigenvalue weighted by molar-refractivity contribution is 7.18. The van der Waals surface area contributed by atoms with Gasteiger partial charge in [0.25, 0.3) is 5.91 Å². The fraction of sp³-hybridized carbons (Fsp3) is 0.0667. The lowest BCUT2D eigenvalue weighted by atomic mass is 10.2.